The Morgan fingerprint density at radius 2 is 1.81 bits per heavy atom. The van der Waals surface area contributed by atoms with E-state index in [9.17, 15) is 14.4 Å². The molecule has 31 heavy (non-hydrogen) atoms. The minimum atomic E-state index is -0.429. The number of esters is 1. The minimum Gasteiger partial charge on any atom is -0.465 e. The van der Waals surface area contributed by atoms with Crippen LogP contribution in [0.2, 0.25) is 0 Å². The average molecular weight is 422 g/mol. The van der Waals surface area contributed by atoms with Gasteiger partial charge in [-0.1, -0.05) is 25.1 Å². The molecule has 4 rings (SSSR count). The van der Waals surface area contributed by atoms with Gasteiger partial charge in [0.2, 0.25) is 11.8 Å². The summed E-state index contributed by atoms with van der Waals surface area (Å²) in [6, 6.07) is 15.7. The van der Waals surface area contributed by atoms with Crippen molar-refractivity contribution in [1.82, 2.24) is 10.3 Å². The fraction of sp³-hybridized carbons (Fsp3) is 0.348. The lowest BCUT2D eigenvalue weighted by Crippen LogP contribution is -2.55. The fourth-order valence-electron chi connectivity index (χ4n) is 4.25. The lowest BCUT2D eigenvalue weighted by Gasteiger charge is -2.37. The van der Waals surface area contributed by atoms with Gasteiger partial charge in [-0.05, 0) is 42.9 Å². The van der Waals surface area contributed by atoms with Gasteiger partial charge < -0.3 is 15.0 Å². The van der Waals surface area contributed by atoms with E-state index in [1.165, 1.54) is 7.11 Å². The summed E-state index contributed by atoms with van der Waals surface area (Å²) in [4.78, 5) is 40.1. The molecular formula is C23H26N4O4. The first-order chi connectivity index (χ1) is 15.0. The van der Waals surface area contributed by atoms with E-state index in [1.54, 1.807) is 29.3 Å². The summed E-state index contributed by atoms with van der Waals surface area (Å²) in [5.41, 5.74) is 5.06. The molecule has 2 fully saturated rings. The standard InChI is InChI=1S/C23H26N4O4/c1-3-26-13-18(21(28)24-16-11-9-15(10-12-16)23(30)31-2)20-19(14-26)22(29)27(25-20)17-7-5-4-6-8-17/h4-12,18-20,25H,3,13-14H2,1-2H3,(H,24,28). The molecule has 0 aromatic heterocycles. The molecule has 2 saturated heterocycles. The van der Waals surface area contributed by atoms with Gasteiger partial charge in [0.25, 0.3) is 0 Å². The van der Waals surface area contributed by atoms with Crippen LogP contribution in [-0.4, -0.2) is 55.5 Å². The molecule has 8 nitrogen and oxygen atoms in total. The quantitative estimate of drug-likeness (QED) is 0.716. The van der Waals surface area contributed by atoms with E-state index < -0.39 is 11.9 Å². The third-order valence-electron chi connectivity index (χ3n) is 5.96. The van der Waals surface area contributed by atoms with Gasteiger partial charge >= 0.3 is 5.97 Å². The van der Waals surface area contributed by atoms with Gasteiger partial charge in [-0.15, -0.1) is 0 Å². The van der Waals surface area contributed by atoms with Crippen LogP contribution >= 0.6 is 0 Å². The van der Waals surface area contributed by atoms with Crippen LogP contribution in [0.25, 0.3) is 0 Å². The summed E-state index contributed by atoms with van der Waals surface area (Å²) in [7, 11) is 1.33. The third-order valence-corrected chi connectivity index (χ3v) is 5.96. The number of anilines is 2. The molecule has 2 amide bonds. The van der Waals surface area contributed by atoms with Crippen molar-refractivity contribution in [2.24, 2.45) is 11.8 Å². The lowest BCUT2D eigenvalue weighted by molar-refractivity contribution is -0.126. The van der Waals surface area contributed by atoms with Crippen molar-refractivity contribution in [3.05, 3.63) is 60.2 Å². The monoisotopic (exact) mass is 422 g/mol. The second-order valence-electron chi connectivity index (χ2n) is 7.79. The molecule has 0 radical (unpaired) electrons. The number of methoxy groups -OCH3 is 1. The molecule has 2 aliphatic rings. The number of rotatable bonds is 5. The second-order valence-corrected chi connectivity index (χ2v) is 7.79. The topological polar surface area (TPSA) is 91.0 Å². The molecule has 3 unspecified atom stereocenters. The van der Waals surface area contributed by atoms with Gasteiger partial charge in [-0.25, -0.2) is 15.2 Å². The number of benzene rings is 2. The first-order valence-electron chi connectivity index (χ1n) is 10.4. The van der Waals surface area contributed by atoms with Crippen LogP contribution in [0.1, 0.15) is 17.3 Å². The molecule has 2 heterocycles. The number of nitrogens with zero attached hydrogens (tertiary/aromatic N) is 2. The Balaban J connectivity index is 1.53. The number of amides is 2. The van der Waals surface area contributed by atoms with E-state index in [0.717, 1.165) is 12.2 Å². The van der Waals surface area contributed by atoms with Crippen molar-refractivity contribution >= 4 is 29.2 Å². The molecule has 8 heteroatoms. The van der Waals surface area contributed by atoms with Gasteiger partial charge in [0.1, 0.15) is 0 Å². The van der Waals surface area contributed by atoms with Gasteiger partial charge in [0, 0.05) is 18.8 Å². The number of piperidine rings is 1. The fourth-order valence-corrected chi connectivity index (χ4v) is 4.25. The number of hydrazine groups is 1. The second kappa shape index (κ2) is 8.87. The Bertz CT molecular complexity index is 963. The van der Waals surface area contributed by atoms with Crippen molar-refractivity contribution in [3.8, 4) is 0 Å². The predicted molar refractivity (Wildman–Crippen MR) is 116 cm³/mol. The highest BCUT2D eigenvalue weighted by Gasteiger charge is 2.50. The maximum absolute atomic E-state index is 13.2. The molecule has 2 aliphatic heterocycles. The van der Waals surface area contributed by atoms with E-state index in [1.807, 2.05) is 37.3 Å². The van der Waals surface area contributed by atoms with Gasteiger partial charge in [0.15, 0.2) is 0 Å². The molecule has 0 saturated carbocycles. The highest BCUT2D eigenvalue weighted by molar-refractivity contribution is 6.00. The van der Waals surface area contributed by atoms with Crippen LogP contribution in [0.5, 0.6) is 0 Å². The zero-order valence-corrected chi connectivity index (χ0v) is 17.6. The van der Waals surface area contributed by atoms with Crippen molar-refractivity contribution in [2.45, 2.75) is 13.0 Å². The van der Waals surface area contributed by atoms with Crippen molar-refractivity contribution in [2.75, 3.05) is 37.1 Å². The summed E-state index contributed by atoms with van der Waals surface area (Å²) in [5.74, 6) is -1.31. The first-order valence-corrected chi connectivity index (χ1v) is 10.4. The number of ether oxygens (including phenoxy) is 1. The Hall–Kier alpha value is -3.23. The number of para-hydroxylation sites is 1. The van der Waals surface area contributed by atoms with Crippen LogP contribution in [0.4, 0.5) is 11.4 Å². The Labute approximate surface area is 181 Å². The molecule has 2 aromatic rings. The predicted octanol–water partition coefficient (Wildman–Crippen LogP) is 1.90. The number of likely N-dealkylation sites (tertiary alicyclic amines) is 1. The number of carbonyl (C=O) groups is 3. The van der Waals surface area contributed by atoms with E-state index >= 15 is 0 Å². The number of hydrogen-bond donors (Lipinski definition) is 2. The summed E-state index contributed by atoms with van der Waals surface area (Å²) >= 11 is 0. The smallest absolute Gasteiger partial charge is 0.337 e. The van der Waals surface area contributed by atoms with Crippen molar-refractivity contribution in [1.29, 1.82) is 0 Å². The van der Waals surface area contributed by atoms with Crippen molar-refractivity contribution in [3.63, 3.8) is 0 Å². The Morgan fingerprint density at radius 3 is 2.45 bits per heavy atom. The maximum Gasteiger partial charge on any atom is 0.337 e. The van der Waals surface area contributed by atoms with Gasteiger partial charge in [0.05, 0.1) is 36.2 Å². The van der Waals surface area contributed by atoms with Gasteiger partial charge in [-0.2, -0.15) is 0 Å². The molecule has 162 valence electrons. The van der Waals surface area contributed by atoms with E-state index in [0.29, 0.717) is 24.3 Å². The minimum absolute atomic E-state index is 0.0189. The van der Waals surface area contributed by atoms with E-state index in [-0.39, 0.29) is 23.8 Å². The molecule has 0 aliphatic carbocycles. The van der Waals surface area contributed by atoms with E-state index in [4.69, 9.17) is 4.74 Å². The zero-order chi connectivity index (χ0) is 22.0. The molecule has 2 N–H and O–H groups in total. The molecule has 2 aromatic carbocycles. The normalized spacial score (nSPS) is 23.4. The summed E-state index contributed by atoms with van der Waals surface area (Å²) in [6.45, 7) is 3.97. The third kappa shape index (κ3) is 4.17. The largest absolute Gasteiger partial charge is 0.465 e. The SMILES string of the molecule is CCN1CC(C(=O)Nc2ccc(C(=O)OC)cc2)C2NN(c3ccccc3)C(=O)C2C1. The lowest BCUT2D eigenvalue weighted by atomic mass is 9.84. The first kappa shape index (κ1) is 21.0. The Morgan fingerprint density at radius 1 is 1.10 bits per heavy atom. The highest BCUT2D eigenvalue weighted by Crippen LogP contribution is 2.32. The number of carbonyl (C=O) groups excluding carboxylic acids is 3. The Kier molecular flexibility index (Phi) is 6.01. The number of nitrogens with one attached hydrogen (secondary N) is 2. The molecule has 0 spiro atoms. The summed E-state index contributed by atoms with van der Waals surface area (Å²) in [6.07, 6.45) is 0. The van der Waals surface area contributed by atoms with Crippen LogP contribution < -0.4 is 15.8 Å². The van der Waals surface area contributed by atoms with Crippen LogP contribution in [0.3, 0.4) is 0 Å². The van der Waals surface area contributed by atoms with Gasteiger partial charge in [-0.3, -0.25) is 9.59 Å². The maximum atomic E-state index is 13.2. The van der Waals surface area contributed by atoms with E-state index in [2.05, 4.69) is 15.6 Å². The number of fused-ring (bicyclic) bond motifs is 1. The van der Waals surface area contributed by atoms with Crippen molar-refractivity contribution < 1.29 is 19.1 Å². The average Bonchev–Trinajstić information content (AvgIpc) is 3.15. The molecular weight excluding hydrogens is 396 g/mol. The van der Waals surface area contributed by atoms with Crippen LogP contribution in [-0.2, 0) is 14.3 Å². The summed E-state index contributed by atoms with van der Waals surface area (Å²) in [5, 5.41) is 4.50. The molecule has 3 atom stereocenters. The molecule has 0 bridgehead atoms. The van der Waals surface area contributed by atoms with Crippen LogP contribution in [0.15, 0.2) is 54.6 Å². The van der Waals surface area contributed by atoms with Crippen LogP contribution in [0, 0.1) is 11.8 Å². The number of hydrogen-bond acceptors (Lipinski definition) is 6. The highest BCUT2D eigenvalue weighted by atomic mass is 16.5. The zero-order valence-electron chi connectivity index (χ0n) is 17.6. The summed E-state index contributed by atoms with van der Waals surface area (Å²) < 4.78 is 4.70.